The van der Waals surface area contributed by atoms with Crippen molar-refractivity contribution in [2.45, 2.75) is 77.2 Å². The number of aliphatic hydroxyl groups is 1. The number of anilines is 1. The minimum atomic E-state index is -0.548. The van der Waals surface area contributed by atoms with Gasteiger partial charge >= 0.3 is 6.09 Å². The Kier molecular flexibility index (Phi) is 12.6. The van der Waals surface area contributed by atoms with Crippen molar-refractivity contribution >= 4 is 11.8 Å². The fourth-order valence-corrected chi connectivity index (χ4v) is 3.84. The maximum atomic E-state index is 12.6. The van der Waals surface area contributed by atoms with Gasteiger partial charge in [0.2, 0.25) is 0 Å². The zero-order valence-electron chi connectivity index (χ0n) is 20.4. The zero-order valence-corrected chi connectivity index (χ0v) is 20.4. The first kappa shape index (κ1) is 26.9. The molecule has 0 saturated heterocycles. The number of rotatable bonds is 16. The number of ether oxygens (including phenoxy) is 1. The van der Waals surface area contributed by atoms with E-state index in [4.69, 9.17) is 9.84 Å². The van der Waals surface area contributed by atoms with Gasteiger partial charge in [-0.05, 0) is 57.8 Å². The molecule has 1 amide bonds. The Morgan fingerprint density at radius 2 is 1.42 bits per heavy atom. The molecule has 0 aliphatic carbocycles. The van der Waals surface area contributed by atoms with Crippen LogP contribution in [0.4, 0.5) is 10.5 Å². The van der Waals surface area contributed by atoms with E-state index in [1.54, 1.807) is 0 Å². The number of nitrogens with one attached hydrogen (secondary N) is 2. The van der Waals surface area contributed by atoms with Crippen LogP contribution < -0.4 is 10.6 Å². The Hall–Kier alpha value is -2.37. The van der Waals surface area contributed by atoms with Crippen molar-refractivity contribution < 1.29 is 14.6 Å². The van der Waals surface area contributed by atoms with Gasteiger partial charge in [0.1, 0.15) is 5.60 Å². The molecule has 2 aromatic carbocycles. The molecular weight excluding hydrogens is 412 g/mol. The molecule has 2 aromatic rings. The average molecular weight is 455 g/mol. The molecule has 5 heteroatoms. The summed E-state index contributed by atoms with van der Waals surface area (Å²) in [7, 11) is 0. The number of carbonyl (C=O) groups is 1. The maximum Gasteiger partial charge on any atom is 0.412 e. The molecule has 0 fully saturated rings. The molecule has 182 valence electrons. The summed E-state index contributed by atoms with van der Waals surface area (Å²) in [4.78, 5) is 12.6. The van der Waals surface area contributed by atoms with Gasteiger partial charge in [0.15, 0.2) is 0 Å². The van der Waals surface area contributed by atoms with Crippen molar-refractivity contribution in [3.8, 4) is 11.1 Å². The first-order valence-electron chi connectivity index (χ1n) is 12.5. The van der Waals surface area contributed by atoms with E-state index in [1.807, 2.05) is 68.4 Å². The molecule has 5 nitrogen and oxygen atoms in total. The molecule has 3 N–H and O–H groups in total. The van der Waals surface area contributed by atoms with Crippen molar-refractivity contribution in [3.63, 3.8) is 0 Å². The van der Waals surface area contributed by atoms with Gasteiger partial charge in [-0.15, -0.1) is 0 Å². The molecule has 0 aromatic heterocycles. The number of hydrogen-bond acceptors (Lipinski definition) is 4. The number of carbonyl (C=O) groups excluding carboxylic acids is 1. The number of hydrogen-bond donors (Lipinski definition) is 3. The highest BCUT2D eigenvalue weighted by Gasteiger charge is 2.23. The molecule has 0 saturated carbocycles. The van der Waals surface area contributed by atoms with E-state index in [-0.39, 0.29) is 0 Å². The number of benzene rings is 2. The first-order valence-corrected chi connectivity index (χ1v) is 12.5. The lowest BCUT2D eigenvalue weighted by molar-refractivity contribution is 0.0427. The fraction of sp³-hybridized carbons (Fsp3) is 0.536. The SMILES string of the molecule is CC(C)(CCNCCCCCCCCCCO)OC(=O)Nc1ccccc1-c1ccccc1. The van der Waals surface area contributed by atoms with Gasteiger partial charge in [0.05, 0.1) is 5.69 Å². The molecule has 0 spiro atoms. The highest BCUT2D eigenvalue weighted by molar-refractivity contribution is 5.91. The Morgan fingerprint density at radius 1 is 0.818 bits per heavy atom. The average Bonchev–Trinajstić information content (AvgIpc) is 2.80. The Balaban J connectivity index is 1.62. The minimum Gasteiger partial charge on any atom is -0.443 e. The van der Waals surface area contributed by atoms with Crippen LogP contribution in [-0.2, 0) is 4.74 Å². The molecule has 33 heavy (non-hydrogen) atoms. The molecule has 2 rings (SSSR count). The van der Waals surface area contributed by atoms with Crippen LogP contribution in [0.3, 0.4) is 0 Å². The van der Waals surface area contributed by atoms with Gasteiger partial charge in [-0.2, -0.15) is 0 Å². The lowest BCUT2D eigenvalue weighted by Gasteiger charge is -2.25. The maximum absolute atomic E-state index is 12.6. The summed E-state index contributed by atoms with van der Waals surface area (Å²) in [6.45, 7) is 6.04. The van der Waals surface area contributed by atoms with Crippen LogP contribution >= 0.6 is 0 Å². The lowest BCUT2D eigenvalue weighted by Crippen LogP contribution is -2.34. The van der Waals surface area contributed by atoms with Crippen LogP contribution in [0, 0.1) is 0 Å². The van der Waals surface area contributed by atoms with Crippen molar-refractivity contribution in [1.82, 2.24) is 5.32 Å². The topological polar surface area (TPSA) is 70.6 Å². The molecule has 0 aliphatic heterocycles. The molecule has 0 aliphatic rings. The van der Waals surface area contributed by atoms with Crippen molar-refractivity contribution in [2.75, 3.05) is 25.0 Å². The third kappa shape index (κ3) is 11.4. The molecule has 0 bridgehead atoms. The third-order valence-corrected chi connectivity index (χ3v) is 5.78. The van der Waals surface area contributed by atoms with E-state index >= 15 is 0 Å². The highest BCUT2D eigenvalue weighted by atomic mass is 16.6. The summed E-state index contributed by atoms with van der Waals surface area (Å²) in [5.41, 5.74) is 2.22. The summed E-state index contributed by atoms with van der Waals surface area (Å²) in [6, 6.07) is 17.8. The van der Waals surface area contributed by atoms with Crippen LogP contribution in [0.1, 0.15) is 71.6 Å². The van der Waals surface area contributed by atoms with Gasteiger partial charge in [-0.25, -0.2) is 4.79 Å². The number of aliphatic hydroxyl groups excluding tert-OH is 1. The zero-order chi connectivity index (χ0) is 23.8. The van der Waals surface area contributed by atoms with E-state index in [2.05, 4.69) is 10.6 Å². The van der Waals surface area contributed by atoms with Crippen LogP contribution in [0.5, 0.6) is 0 Å². The fourth-order valence-electron chi connectivity index (χ4n) is 3.84. The van der Waals surface area contributed by atoms with Crippen LogP contribution in [0.15, 0.2) is 54.6 Å². The molecule has 0 heterocycles. The second kappa shape index (κ2) is 15.5. The molecule has 0 unspecified atom stereocenters. The third-order valence-electron chi connectivity index (χ3n) is 5.78. The predicted octanol–water partition coefficient (Wildman–Crippen LogP) is 6.77. The van der Waals surface area contributed by atoms with Gasteiger partial charge in [0, 0.05) is 12.2 Å². The summed E-state index contributed by atoms with van der Waals surface area (Å²) in [6.07, 6.45) is 9.91. The predicted molar refractivity (Wildman–Crippen MR) is 138 cm³/mol. The standard InChI is InChI=1S/C28H42N2O3/c1-28(2,20-22-29-21-14-7-5-3-4-6-8-15-23-31)33-27(32)30-26-19-13-12-18-25(26)24-16-10-9-11-17-24/h9-13,16-19,29,31H,3-8,14-15,20-23H2,1-2H3,(H,30,32). The van der Waals surface area contributed by atoms with Crippen molar-refractivity contribution in [2.24, 2.45) is 0 Å². The first-order chi connectivity index (χ1) is 16.0. The summed E-state index contributed by atoms with van der Waals surface area (Å²) >= 11 is 0. The second-order valence-electron chi connectivity index (χ2n) is 9.24. The monoisotopic (exact) mass is 454 g/mol. The highest BCUT2D eigenvalue weighted by Crippen LogP contribution is 2.28. The van der Waals surface area contributed by atoms with E-state index in [9.17, 15) is 4.79 Å². The second-order valence-corrected chi connectivity index (χ2v) is 9.24. The Morgan fingerprint density at radius 3 is 2.12 bits per heavy atom. The number of amides is 1. The van der Waals surface area contributed by atoms with Gasteiger partial charge in [-0.1, -0.05) is 87.1 Å². The van der Waals surface area contributed by atoms with Crippen LogP contribution in [-0.4, -0.2) is 36.5 Å². The van der Waals surface area contributed by atoms with Gasteiger partial charge in [-0.3, -0.25) is 5.32 Å². The van der Waals surface area contributed by atoms with Gasteiger partial charge in [0.25, 0.3) is 0 Å². The largest absolute Gasteiger partial charge is 0.443 e. The number of para-hydroxylation sites is 1. The van der Waals surface area contributed by atoms with Crippen LogP contribution in [0.25, 0.3) is 11.1 Å². The van der Waals surface area contributed by atoms with Gasteiger partial charge < -0.3 is 15.2 Å². The van der Waals surface area contributed by atoms with E-state index in [1.165, 1.54) is 38.5 Å². The van der Waals surface area contributed by atoms with Crippen molar-refractivity contribution in [1.29, 1.82) is 0 Å². The minimum absolute atomic E-state index is 0.320. The number of unbranched alkanes of at least 4 members (excludes halogenated alkanes) is 7. The van der Waals surface area contributed by atoms with E-state index in [0.717, 1.165) is 49.2 Å². The normalized spacial score (nSPS) is 11.4. The molecule has 0 radical (unpaired) electrons. The smallest absolute Gasteiger partial charge is 0.412 e. The quantitative estimate of drug-likeness (QED) is 0.245. The Labute approximate surface area is 199 Å². The summed E-state index contributed by atoms with van der Waals surface area (Å²) in [5.74, 6) is 0. The van der Waals surface area contributed by atoms with Crippen LogP contribution in [0.2, 0.25) is 0 Å². The summed E-state index contributed by atoms with van der Waals surface area (Å²) in [5, 5.41) is 15.2. The molecular formula is C28H42N2O3. The van der Waals surface area contributed by atoms with E-state index in [0.29, 0.717) is 6.61 Å². The lowest BCUT2D eigenvalue weighted by atomic mass is 10.0. The van der Waals surface area contributed by atoms with Crippen molar-refractivity contribution in [3.05, 3.63) is 54.6 Å². The summed E-state index contributed by atoms with van der Waals surface area (Å²) < 4.78 is 5.73. The Bertz CT molecular complexity index is 793. The van der Waals surface area contributed by atoms with E-state index < -0.39 is 11.7 Å². The molecule has 0 atom stereocenters.